The third-order valence-electron chi connectivity index (χ3n) is 5.63. The van der Waals surface area contributed by atoms with Crippen LogP contribution in [0.3, 0.4) is 0 Å². The minimum absolute atomic E-state index is 0.164. The van der Waals surface area contributed by atoms with Crippen LogP contribution in [0.5, 0.6) is 0 Å². The van der Waals surface area contributed by atoms with Gasteiger partial charge in [0.25, 0.3) is 0 Å². The first-order valence-electron chi connectivity index (χ1n) is 11.1. The van der Waals surface area contributed by atoms with E-state index in [9.17, 15) is 5.11 Å². The summed E-state index contributed by atoms with van der Waals surface area (Å²) < 4.78 is 6.09. The summed E-state index contributed by atoms with van der Waals surface area (Å²) in [5.74, 6) is 0.164. The van der Waals surface area contributed by atoms with Crippen molar-refractivity contribution in [1.29, 1.82) is 0 Å². The summed E-state index contributed by atoms with van der Waals surface area (Å²) in [6.07, 6.45) is -0.0697. The van der Waals surface area contributed by atoms with Gasteiger partial charge < -0.3 is 15.2 Å². The monoisotopic (exact) mass is 473 g/mol. The molecule has 0 saturated carbocycles. The standard InChI is InChI=1S/C27H33Cl2NO2/c1-18(2)26(25-23(28)10-7-11-24(25)29)32-17-22(31)16-30-27(3,4)15-19-12-13-20-8-5-6-9-21(20)14-19/h5-14,18,22,26,30-31H,15-17H2,1-4H3. The van der Waals surface area contributed by atoms with Gasteiger partial charge >= 0.3 is 0 Å². The van der Waals surface area contributed by atoms with Gasteiger partial charge in [0.1, 0.15) is 0 Å². The topological polar surface area (TPSA) is 41.5 Å². The second-order valence-corrected chi connectivity index (χ2v) is 10.2. The van der Waals surface area contributed by atoms with E-state index < -0.39 is 6.10 Å². The highest BCUT2D eigenvalue weighted by atomic mass is 35.5. The van der Waals surface area contributed by atoms with Gasteiger partial charge in [-0.2, -0.15) is 0 Å². The molecule has 3 rings (SSSR count). The van der Waals surface area contributed by atoms with Crippen LogP contribution in [0.15, 0.2) is 60.7 Å². The number of aliphatic hydroxyl groups is 1. The molecule has 0 amide bonds. The number of fused-ring (bicyclic) bond motifs is 1. The maximum absolute atomic E-state index is 10.6. The van der Waals surface area contributed by atoms with Crippen LogP contribution in [0.25, 0.3) is 10.8 Å². The Morgan fingerprint density at radius 3 is 2.25 bits per heavy atom. The molecular weight excluding hydrogens is 441 g/mol. The number of nitrogens with one attached hydrogen (secondary N) is 1. The molecule has 2 N–H and O–H groups in total. The zero-order valence-electron chi connectivity index (χ0n) is 19.2. The van der Waals surface area contributed by atoms with Crippen LogP contribution < -0.4 is 5.32 Å². The third kappa shape index (κ3) is 6.69. The molecule has 3 aromatic carbocycles. The molecule has 0 heterocycles. The van der Waals surface area contributed by atoms with Crippen LogP contribution in [0.4, 0.5) is 0 Å². The van der Waals surface area contributed by atoms with E-state index in [1.54, 1.807) is 0 Å². The maximum Gasteiger partial charge on any atom is 0.0898 e. The number of benzene rings is 3. The van der Waals surface area contributed by atoms with Crippen molar-refractivity contribution in [3.63, 3.8) is 0 Å². The summed E-state index contributed by atoms with van der Waals surface area (Å²) in [7, 11) is 0. The van der Waals surface area contributed by atoms with Crippen molar-refractivity contribution in [1.82, 2.24) is 5.32 Å². The lowest BCUT2D eigenvalue weighted by molar-refractivity contribution is -0.0308. The molecular formula is C27H33Cl2NO2. The number of ether oxygens (including phenoxy) is 1. The van der Waals surface area contributed by atoms with Gasteiger partial charge in [0, 0.05) is 27.7 Å². The lowest BCUT2D eigenvalue weighted by atomic mass is 9.93. The molecule has 0 fully saturated rings. The van der Waals surface area contributed by atoms with E-state index in [0.29, 0.717) is 16.6 Å². The van der Waals surface area contributed by atoms with Crippen molar-refractivity contribution in [3.05, 3.63) is 81.8 Å². The lowest BCUT2D eigenvalue weighted by Gasteiger charge is -2.29. The highest BCUT2D eigenvalue weighted by Crippen LogP contribution is 2.36. The molecule has 3 nitrogen and oxygen atoms in total. The van der Waals surface area contributed by atoms with Gasteiger partial charge in [0.05, 0.1) is 18.8 Å². The molecule has 0 aromatic heterocycles. The highest BCUT2D eigenvalue weighted by Gasteiger charge is 2.24. The fourth-order valence-electron chi connectivity index (χ4n) is 3.98. The van der Waals surface area contributed by atoms with Gasteiger partial charge in [-0.3, -0.25) is 0 Å². The van der Waals surface area contributed by atoms with Crippen LogP contribution in [-0.2, 0) is 11.2 Å². The van der Waals surface area contributed by atoms with Gasteiger partial charge in [-0.1, -0.05) is 85.6 Å². The first-order valence-corrected chi connectivity index (χ1v) is 11.9. The summed E-state index contributed by atoms with van der Waals surface area (Å²) in [6, 6.07) is 20.4. The molecule has 0 aliphatic rings. The summed E-state index contributed by atoms with van der Waals surface area (Å²) in [4.78, 5) is 0. The SMILES string of the molecule is CC(C)C(OCC(O)CNC(C)(C)Cc1ccc2ccccc2c1)c1c(Cl)cccc1Cl. The predicted molar refractivity (Wildman–Crippen MR) is 136 cm³/mol. The average Bonchev–Trinajstić information content (AvgIpc) is 2.73. The maximum atomic E-state index is 10.6. The zero-order valence-corrected chi connectivity index (χ0v) is 20.8. The summed E-state index contributed by atoms with van der Waals surface area (Å²) in [5.41, 5.74) is 1.87. The number of aliphatic hydroxyl groups excluding tert-OH is 1. The van der Waals surface area contributed by atoms with E-state index in [2.05, 4.69) is 75.5 Å². The van der Waals surface area contributed by atoms with Crippen molar-refractivity contribution >= 4 is 34.0 Å². The van der Waals surface area contributed by atoms with Crippen molar-refractivity contribution < 1.29 is 9.84 Å². The van der Waals surface area contributed by atoms with Crippen molar-refractivity contribution in [2.45, 2.75) is 51.9 Å². The average molecular weight is 474 g/mol. The lowest BCUT2D eigenvalue weighted by Crippen LogP contribution is -2.46. The molecule has 3 aromatic rings. The summed E-state index contributed by atoms with van der Waals surface area (Å²) in [5, 5.41) is 17.7. The number of rotatable bonds is 10. The van der Waals surface area contributed by atoms with E-state index in [-0.39, 0.29) is 24.2 Å². The Morgan fingerprint density at radius 2 is 1.59 bits per heavy atom. The van der Waals surface area contributed by atoms with Crippen LogP contribution in [0.2, 0.25) is 10.0 Å². The van der Waals surface area contributed by atoms with E-state index in [4.69, 9.17) is 27.9 Å². The van der Waals surface area contributed by atoms with Crippen LogP contribution in [0.1, 0.15) is 44.9 Å². The third-order valence-corrected chi connectivity index (χ3v) is 6.29. The Balaban J connectivity index is 1.56. The van der Waals surface area contributed by atoms with Gasteiger partial charge in [0.15, 0.2) is 0 Å². The highest BCUT2D eigenvalue weighted by molar-refractivity contribution is 6.36. The summed E-state index contributed by atoms with van der Waals surface area (Å²) >= 11 is 12.8. The quantitative estimate of drug-likeness (QED) is 0.338. The number of β-amino-alcohol motifs (C(OH)–C–C–N with tert-alkyl or cyclic N) is 1. The Kier molecular flexibility index (Phi) is 8.60. The number of halogens is 2. The largest absolute Gasteiger partial charge is 0.389 e. The summed E-state index contributed by atoms with van der Waals surface area (Å²) in [6.45, 7) is 9.04. The second-order valence-electron chi connectivity index (χ2n) is 9.41. The molecule has 2 unspecified atom stereocenters. The van der Waals surface area contributed by atoms with Crippen LogP contribution >= 0.6 is 23.2 Å². The Morgan fingerprint density at radius 1 is 0.938 bits per heavy atom. The molecule has 32 heavy (non-hydrogen) atoms. The number of hydrogen-bond acceptors (Lipinski definition) is 3. The van der Waals surface area contributed by atoms with Gasteiger partial charge in [-0.15, -0.1) is 0 Å². The van der Waals surface area contributed by atoms with Gasteiger partial charge in [-0.05, 0) is 54.7 Å². The fraction of sp³-hybridized carbons (Fsp3) is 0.407. The predicted octanol–water partition coefficient (Wildman–Crippen LogP) is 6.83. The van der Waals surface area contributed by atoms with Crippen molar-refractivity contribution in [2.24, 2.45) is 5.92 Å². The minimum atomic E-state index is -0.645. The van der Waals surface area contributed by atoms with Gasteiger partial charge in [-0.25, -0.2) is 0 Å². The molecule has 0 spiro atoms. The zero-order chi connectivity index (χ0) is 23.3. The van der Waals surface area contributed by atoms with Crippen LogP contribution in [0, 0.1) is 5.92 Å². The Labute approximate surface area is 201 Å². The minimum Gasteiger partial charge on any atom is -0.389 e. The first kappa shape index (κ1) is 25.0. The van der Waals surface area contributed by atoms with Crippen LogP contribution in [-0.4, -0.2) is 29.9 Å². The fourth-order valence-corrected chi connectivity index (χ4v) is 4.59. The second kappa shape index (κ2) is 11.0. The molecule has 0 radical (unpaired) electrons. The van der Waals surface area contributed by atoms with Crippen molar-refractivity contribution in [3.8, 4) is 0 Å². The van der Waals surface area contributed by atoms with E-state index in [1.165, 1.54) is 16.3 Å². The smallest absolute Gasteiger partial charge is 0.0898 e. The molecule has 0 bridgehead atoms. The Hall–Kier alpha value is -1.62. The number of hydrogen-bond donors (Lipinski definition) is 2. The van der Waals surface area contributed by atoms with Gasteiger partial charge in [0.2, 0.25) is 0 Å². The van der Waals surface area contributed by atoms with E-state index >= 15 is 0 Å². The van der Waals surface area contributed by atoms with E-state index in [0.717, 1.165) is 12.0 Å². The Bertz CT molecular complexity index is 1010. The molecule has 0 saturated heterocycles. The molecule has 0 aliphatic carbocycles. The normalized spacial score (nSPS) is 14.1. The molecule has 0 aliphatic heterocycles. The molecule has 172 valence electrons. The first-order chi connectivity index (χ1) is 15.2. The van der Waals surface area contributed by atoms with Crippen molar-refractivity contribution in [2.75, 3.05) is 13.2 Å². The van der Waals surface area contributed by atoms with E-state index in [1.807, 2.05) is 18.2 Å². The molecule has 2 atom stereocenters. The molecule has 5 heteroatoms.